The van der Waals surface area contributed by atoms with Crippen LogP contribution in [0.4, 0.5) is 0 Å². The van der Waals surface area contributed by atoms with Crippen LogP contribution in [-0.2, 0) is 14.5 Å². The number of carbonyl (C=O) groups is 2. The second-order valence-electron chi connectivity index (χ2n) is 7.11. The van der Waals surface area contributed by atoms with Gasteiger partial charge in [0.05, 0.1) is 0 Å². The van der Waals surface area contributed by atoms with Crippen molar-refractivity contribution in [1.29, 1.82) is 0 Å². The average molecular weight is 422 g/mol. The summed E-state index contributed by atoms with van der Waals surface area (Å²) in [4.78, 5) is 26.4. The number of allylic oxidation sites excluding steroid dienone is 6. The predicted molar refractivity (Wildman–Crippen MR) is 121 cm³/mol. The molecular weight excluding hydrogens is 382 g/mol. The lowest BCUT2D eigenvalue weighted by molar-refractivity contribution is -0.264. The summed E-state index contributed by atoms with van der Waals surface area (Å²) in [7, 11) is 0. The number of carboxylic acid groups (broad SMARTS) is 1. The summed E-state index contributed by atoms with van der Waals surface area (Å²) in [5, 5.41) is 20.2. The van der Waals surface area contributed by atoms with Crippen molar-refractivity contribution in [2.24, 2.45) is 0 Å². The van der Waals surface area contributed by atoms with Crippen LogP contribution in [0, 0.1) is 0 Å². The number of unbranched alkanes of at least 4 members (excludes halogenated alkanes) is 4. The molecule has 6 heteroatoms. The maximum atomic E-state index is 11.6. The number of amides is 1. The van der Waals surface area contributed by atoms with Crippen LogP contribution in [0.2, 0.25) is 0 Å². The highest BCUT2D eigenvalue weighted by Gasteiger charge is 2.01. The molecule has 0 aromatic rings. The van der Waals surface area contributed by atoms with Gasteiger partial charge in [-0.3, -0.25) is 14.8 Å². The third kappa shape index (κ3) is 20.6. The summed E-state index contributed by atoms with van der Waals surface area (Å²) in [6, 6.07) is 0. The van der Waals surface area contributed by atoms with Crippen LogP contribution >= 0.6 is 0 Å². The molecule has 0 saturated carbocycles. The number of carboxylic acids is 1. The van der Waals surface area contributed by atoms with Crippen molar-refractivity contribution in [2.45, 2.75) is 83.7 Å². The molecule has 0 aliphatic rings. The number of hydrogen-bond acceptors (Lipinski definition) is 4. The van der Waals surface area contributed by atoms with Crippen molar-refractivity contribution in [3.63, 3.8) is 0 Å². The summed E-state index contributed by atoms with van der Waals surface area (Å²) >= 11 is 0. The molecule has 170 valence electrons. The van der Waals surface area contributed by atoms with Gasteiger partial charge in [0.2, 0.25) is 5.91 Å². The molecule has 0 aliphatic carbocycles. The monoisotopic (exact) mass is 421 g/mol. The van der Waals surface area contributed by atoms with Gasteiger partial charge in [-0.2, -0.15) is 0 Å². The summed E-state index contributed by atoms with van der Waals surface area (Å²) < 4.78 is 0. The zero-order valence-corrected chi connectivity index (χ0v) is 18.3. The fraction of sp³-hybridized carbons (Fsp3) is 0.583. The summed E-state index contributed by atoms with van der Waals surface area (Å²) in [5.74, 6) is -0.874. The molecule has 0 aromatic heterocycles. The molecule has 0 rings (SSSR count). The molecule has 3 N–H and O–H groups in total. The van der Waals surface area contributed by atoms with Crippen molar-refractivity contribution in [3.05, 3.63) is 48.6 Å². The van der Waals surface area contributed by atoms with E-state index in [0.717, 1.165) is 25.7 Å². The summed E-state index contributed by atoms with van der Waals surface area (Å²) in [6.07, 6.45) is 24.4. The van der Waals surface area contributed by atoms with E-state index in [4.69, 9.17) is 10.4 Å². The zero-order chi connectivity index (χ0) is 22.3. The number of nitrogens with one attached hydrogen (secondary N) is 1. The Hall–Kier alpha value is -2.18. The van der Waals surface area contributed by atoms with Crippen LogP contribution in [0.15, 0.2) is 48.6 Å². The number of carbonyl (C=O) groups excluding carboxylic acids is 1. The second-order valence-corrected chi connectivity index (χ2v) is 7.11. The highest BCUT2D eigenvalue weighted by Crippen LogP contribution is 2.04. The molecule has 0 spiro atoms. The van der Waals surface area contributed by atoms with Gasteiger partial charge in [0.25, 0.3) is 0 Å². The van der Waals surface area contributed by atoms with Crippen molar-refractivity contribution in [1.82, 2.24) is 5.32 Å². The van der Waals surface area contributed by atoms with Crippen LogP contribution in [0.25, 0.3) is 0 Å². The molecule has 6 nitrogen and oxygen atoms in total. The highest BCUT2D eigenvalue weighted by molar-refractivity contribution is 5.75. The van der Waals surface area contributed by atoms with E-state index in [-0.39, 0.29) is 18.4 Å². The molecule has 0 unspecified atom stereocenters. The summed E-state index contributed by atoms with van der Waals surface area (Å²) in [5.41, 5.74) is 0. The Bertz CT molecular complexity index is 552. The molecule has 0 aromatic carbocycles. The quantitative estimate of drug-likeness (QED) is 0.0831. The highest BCUT2D eigenvalue weighted by atomic mass is 17.1. The van der Waals surface area contributed by atoms with Gasteiger partial charge in [-0.05, 0) is 44.9 Å². The van der Waals surface area contributed by atoms with Crippen molar-refractivity contribution < 1.29 is 24.8 Å². The molecule has 0 aliphatic heterocycles. The number of hydrogen-bond donors (Lipinski definition) is 3. The Morgan fingerprint density at radius 1 is 0.933 bits per heavy atom. The van der Waals surface area contributed by atoms with Gasteiger partial charge in [0.1, 0.15) is 6.10 Å². The van der Waals surface area contributed by atoms with E-state index in [1.807, 2.05) is 36.5 Å². The third-order valence-electron chi connectivity index (χ3n) is 4.32. The van der Waals surface area contributed by atoms with Gasteiger partial charge in [-0.1, -0.05) is 68.4 Å². The third-order valence-corrected chi connectivity index (χ3v) is 4.32. The van der Waals surface area contributed by atoms with Crippen molar-refractivity contribution in [2.75, 3.05) is 6.54 Å². The Morgan fingerprint density at radius 3 is 2.43 bits per heavy atom. The lowest BCUT2D eigenvalue weighted by Crippen LogP contribution is -2.24. The smallest absolute Gasteiger partial charge is 0.303 e. The van der Waals surface area contributed by atoms with Gasteiger partial charge < -0.3 is 10.4 Å². The fourth-order valence-electron chi connectivity index (χ4n) is 2.59. The normalized spacial score (nSPS) is 13.1. The lowest BCUT2D eigenvalue weighted by atomic mass is 10.1. The first-order chi connectivity index (χ1) is 14.6. The largest absolute Gasteiger partial charge is 0.481 e. The molecule has 1 atom stereocenters. The fourth-order valence-corrected chi connectivity index (χ4v) is 2.59. The molecule has 0 radical (unpaired) electrons. The standard InChI is InChI=1S/C24H39NO5/c1-2-3-4-5-10-13-17-22(30-29)18-14-11-8-6-7-9-12-15-19-23(26)25-21-16-20-24(27)28/h7-11,13-14,18,22,29H,2-6,12,15-17,19-21H2,1H3,(H,25,26)(H,27,28)/b9-7-,11-8-,13-10-,18-14+/t22-/m0/s1. The minimum absolute atomic E-state index is 0.0321. The minimum Gasteiger partial charge on any atom is -0.481 e. The van der Waals surface area contributed by atoms with E-state index in [1.54, 1.807) is 0 Å². The lowest BCUT2D eigenvalue weighted by Gasteiger charge is -2.04. The predicted octanol–water partition coefficient (Wildman–Crippen LogP) is 5.58. The molecule has 0 saturated heterocycles. The zero-order valence-electron chi connectivity index (χ0n) is 18.3. The van der Waals surface area contributed by atoms with E-state index < -0.39 is 5.97 Å². The second kappa shape index (κ2) is 21.5. The molecule has 30 heavy (non-hydrogen) atoms. The van der Waals surface area contributed by atoms with Crippen LogP contribution < -0.4 is 5.32 Å². The molecule has 0 bridgehead atoms. The first-order valence-electron chi connectivity index (χ1n) is 11.0. The molecule has 1 amide bonds. The molecule has 0 fully saturated rings. The molecule has 0 heterocycles. The number of rotatable bonds is 19. The van der Waals surface area contributed by atoms with Crippen LogP contribution in [0.5, 0.6) is 0 Å². The first kappa shape index (κ1) is 27.8. The van der Waals surface area contributed by atoms with E-state index in [0.29, 0.717) is 25.8 Å². The SMILES string of the molecule is CCCCC/C=C\C[C@@H](/C=C/C=C\C/C=C\CCCC(=O)NCCCC(=O)O)OO. The van der Waals surface area contributed by atoms with Crippen molar-refractivity contribution in [3.8, 4) is 0 Å². The van der Waals surface area contributed by atoms with Gasteiger partial charge >= 0.3 is 5.97 Å². The number of aliphatic carboxylic acids is 1. The Balaban J connectivity index is 3.76. The van der Waals surface area contributed by atoms with E-state index in [2.05, 4.69) is 29.3 Å². The van der Waals surface area contributed by atoms with Crippen LogP contribution in [0.3, 0.4) is 0 Å². The van der Waals surface area contributed by atoms with E-state index >= 15 is 0 Å². The Kier molecular flexibility index (Phi) is 20.0. The van der Waals surface area contributed by atoms with Gasteiger partial charge in [-0.15, -0.1) is 0 Å². The average Bonchev–Trinajstić information content (AvgIpc) is 2.73. The maximum Gasteiger partial charge on any atom is 0.303 e. The van der Waals surface area contributed by atoms with E-state index in [9.17, 15) is 9.59 Å². The Labute approximate surface area is 181 Å². The topological polar surface area (TPSA) is 95.9 Å². The Morgan fingerprint density at radius 2 is 1.70 bits per heavy atom. The van der Waals surface area contributed by atoms with Gasteiger partial charge in [0, 0.05) is 19.4 Å². The van der Waals surface area contributed by atoms with Gasteiger partial charge in [0.15, 0.2) is 0 Å². The summed E-state index contributed by atoms with van der Waals surface area (Å²) in [6.45, 7) is 2.60. The molecular formula is C24H39NO5. The van der Waals surface area contributed by atoms with Crippen LogP contribution in [0.1, 0.15) is 77.6 Å². The van der Waals surface area contributed by atoms with Gasteiger partial charge in [-0.25, -0.2) is 4.89 Å². The van der Waals surface area contributed by atoms with E-state index in [1.165, 1.54) is 19.3 Å². The van der Waals surface area contributed by atoms with Crippen molar-refractivity contribution >= 4 is 11.9 Å². The first-order valence-corrected chi connectivity index (χ1v) is 11.0. The van der Waals surface area contributed by atoms with Crippen LogP contribution in [-0.4, -0.2) is 34.9 Å². The maximum absolute atomic E-state index is 11.6. The minimum atomic E-state index is -0.842.